The maximum absolute atomic E-state index is 13.2. The highest BCUT2D eigenvalue weighted by molar-refractivity contribution is 6.44. The highest BCUT2D eigenvalue weighted by atomic mass is 16.5. The summed E-state index contributed by atoms with van der Waals surface area (Å²) < 4.78 is 12.7. The molecule has 0 aromatic carbocycles. The fourth-order valence-corrected chi connectivity index (χ4v) is 4.08. The Bertz CT molecular complexity index is 810. The van der Waals surface area contributed by atoms with Gasteiger partial charge in [0.05, 0.1) is 19.3 Å². The van der Waals surface area contributed by atoms with Gasteiger partial charge in [-0.2, -0.15) is 5.10 Å². The third-order valence-corrected chi connectivity index (χ3v) is 5.88. The Hall–Kier alpha value is -2.52. The van der Waals surface area contributed by atoms with Crippen LogP contribution in [0.4, 0.5) is 0 Å². The molecule has 2 N–H and O–H groups in total. The van der Waals surface area contributed by atoms with E-state index in [2.05, 4.69) is 25.8 Å². The Morgan fingerprint density at radius 1 is 1.34 bits per heavy atom. The van der Waals surface area contributed by atoms with Crippen LogP contribution in [-0.4, -0.2) is 65.4 Å². The maximum atomic E-state index is 13.2. The lowest BCUT2D eigenvalue weighted by Gasteiger charge is -2.35. The minimum absolute atomic E-state index is 0.0527. The number of rotatable bonds is 7. The molecule has 156 valence electrons. The molecule has 1 amide bonds. The van der Waals surface area contributed by atoms with Gasteiger partial charge in [-0.3, -0.25) is 14.8 Å². The molecule has 2 unspecified atom stereocenters. The van der Waals surface area contributed by atoms with Crippen molar-refractivity contribution >= 4 is 23.7 Å². The van der Waals surface area contributed by atoms with Crippen molar-refractivity contribution in [1.29, 1.82) is 0 Å². The van der Waals surface area contributed by atoms with E-state index in [1.54, 1.807) is 19.6 Å². The molecule has 1 aromatic heterocycles. The van der Waals surface area contributed by atoms with Crippen LogP contribution in [0.1, 0.15) is 32.6 Å². The fourth-order valence-electron chi connectivity index (χ4n) is 4.08. The van der Waals surface area contributed by atoms with Crippen LogP contribution < -0.4 is 10.7 Å². The summed E-state index contributed by atoms with van der Waals surface area (Å²) in [5.74, 6) is 0.480. The van der Waals surface area contributed by atoms with Crippen LogP contribution in [0.2, 0.25) is 0 Å². The molecule has 4 rings (SSSR count). The van der Waals surface area contributed by atoms with Crippen LogP contribution in [0.15, 0.2) is 34.9 Å². The monoisotopic (exact) mass is 400 g/mol. The molecule has 1 aromatic rings. The molecular formula is C20H28N6O3. The summed E-state index contributed by atoms with van der Waals surface area (Å²) in [6, 6.07) is 0.124. The molecule has 0 radical (unpaired) electrons. The van der Waals surface area contributed by atoms with Gasteiger partial charge in [0, 0.05) is 37.7 Å². The van der Waals surface area contributed by atoms with E-state index in [0.717, 1.165) is 25.7 Å². The van der Waals surface area contributed by atoms with Crippen LogP contribution in [0.5, 0.6) is 0 Å². The zero-order valence-electron chi connectivity index (χ0n) is 16.9. The zero-order valence-corrected chi connectivity index (χ0v) is 16.9. The Morgan fingerprint density at radius 2 is 2.17 bits per heavy atom. The third kappa shape index (κ3) is 4.11. The van der Waals surface area contributed by atoms with Gasteiger partial charge in [0.2, 0.25) is 0 Å². The lowest BCUT2D eigenvalue weighted by Crippen LogP contribution is -2.57. The molecule has 3 heterocycles. The second-order valence-electron chi connectivity index (χ2n) is 7.88. The van der Waals surface area contributed by atoms with Crippen molar-refractivity contribution < 1.29 is 14.3 Å². The summed E-state index contributed by atoms with van der Waals surface area (Å²) in [5, 5.41) is 7.39. The summed E-state index contributed by atoms with van der Waals surface area (Å²) in [5.41, 5.74) is 2.89. The van der Waals surface area contributed by atoms with Gasteiger partial charge < -0.3 is 14.8 Å². The molecule has 9 heteroatoms. The van der Waals surface area contributed by atoms with Gasteiger partial charge in [-0.15, -0.1) is 0 Å². The number of ether oxygens (including phenoxy) is 2. The van der Waals surface area contributed by atoms with Gasteiger partial charge in [-0.05, 0) is 38.7 Å². The van der Waals surface area contributed by atoms with Crippen molar-refractivity contribution in [2.75, 3.05) is 20.3 Å². The molecule has 0 bridgehead atoms. The topological polar surface area (TPSA) is 102 Å². The van der Waals surface area contributed by atoms with Gasteiger partial charge in [0.25, 0.3) is 5.91 Å². The number of methoxy groups -OCH3 is 1. The fraction of sp³-hybridized carbons (Fsp3) is 0.600. The molecule has 3 aliphatic rings. The Balaban J connectivity index is 1.42. The summed E-state index contributed by atoms with van der Waals surface area (Å²) in [4.78, 5) is 21.9. The first kappa shape index (κ1) is 19.8. The molecule has 29 heavy (non-hydrogen) atoms. The van der Waals surface area contributed by atoms with E-state index in [1.165, 1.54) is 0 Å². The number of fused-ring (bicyclic) bond motifs is 1. The minimum Gasteiger partial charge on any atom is -0.382 e. The van der Waals surface area contributed by atoms with Gasteiger partial charge in [0.1, 0.15) is 23.4 Å². The number of imidazole rings is 1. The number of nitrogens with one attached hydrogen (secondary N) is 2. The van der Waals surface area contributed by atoms with Gasteiger partial charge in [0.15, 0.2) is 0 Å². The Kier molecular flexibility index (Phi) is 5.77. The van der Waals surface area contributed by atoms with E-state index >= 15 is 0 Å². The summed E-state index contributed by atoms with van der Waals surface area (Å²) in [6.45, 7) is 3.19. The van der Waals surface area contributed by atoms with Gasteiger partial charge in [-0.25, -0.2) is 9.98 Å². The molecule has 2 aliphatic heterocycles. The smallest absolute Gasteiger partial charge is 0.268 e. The lowest BCUT2D eigenvalue weighted by molar-refractivity contribution is -0.116. The van der Waals surface area contributed by atoms with Crippen molar-refractivity contribution in [3.8, 4) is 0 Å². The number of carbonyl (C=O) groups is 1. The van der Waals surface area contributed by atoms with E-state index in [9.17, 15) is 4.79 Å². The standard InChI is InChI=1S/C20H28N6O3/c1-20-14(12-22-25-20)11-17(26-8-7-21-13-26)24-18(20)19(27)23-15-3-5-16(6-4-15)29-10-9-28-2/h7-8,11-16,25H,3-6,9-10H2,1-2H3,(H,23,27)/t14?,15-,16-,20?. The largest absolute Gasteiger partial charge is 0.382 e. The van der Waals surface area contributed by atoms with E-state index in [1.807, 2.05) is 30.0 Å². The molecule has 0 spiro atoms. The van der Waals surface area contributed by atoms with Crippen molar-refractivity contribution in [2.45, 2.75) is 50.3 Å². The van der Waals surface area contributed by atoms with Crippen LogP contribution in [-0.2, 0) is 14.3 Å². The average molecular weight is 400 g/mol. The quantitative estimate of drug-likeness (QED) is 0.670. The number of aromatic nitrogens is 2. The second kappa shape index (κ2) is 8.46. The third-order valence-electron chi connectivity index (χ3n) is 5.88. The molecule has 2 atom stereocenters. The first-order chi connectivity index (χ1) is 14.1. The predicted octanol–water partition coefficient (Wildman–Crippen LogP) is 1.19. The van der Waals surface area contributed by atoms with Gasteiger partial charge in [-0.1, -0.05) is 0 Å². The van der Waals surface area contributed by atoms with Crippen LogP contribution in [0, 0.1) is 5.92 Å². The molecular weight excluding hydrogens is 372 g/mol. The number of hydrogen-bond donors (Lipinski definition) is 2. The first-order valence-electron chi connectivity index (χ1n) is 10.1. The van der Waals surface area contributed by atoms with Gasteiger partial charge >= 0.3 is 0 Å². The van der Waals surface area contributed by atoms with E-state index in [0.29, 0.717) is 24.7 Å². The first-order valence-corrected chi connectivity index (χ1v) is 10.1. The van der Waals surface area contributed by atoms with Crippen molar-refractivity contribution in [3.63, 3.8) is 0 Å². The van der Waals surface area contributed by atoms with Crippen molar-refractivity contribution in [3.05, 3.63) is 24.8 Å². The Morgan fingerprint density at radius 3 is 2.90 bits per heavy atom. The SMILES string of the molecule is COCCO[C@H]1CC[C@H](NC(=O)C2=NC(n3ccnc3)=CC3C=NNC23C)CC1. The van der Waals surface area contributed by atoms with E-state index in [4.69, 9.17) is 9.47 Å². The number of hydrogen-bond acceptors (Lipinski definition) is 7. The zero-order chi connectivity index (χ0) is 20.3. The lowest BCUT2D eigenvalue weighted by atomic mass is 9.80. The minimum atomic E-state index is -0.644. The summed E-state index contributed by atoms with van der Waals surface area (Å²) in [7, 11) is 1.67. The Labute approximate surface area is 170 Å². The van der Waals surface area contributed by atoms with E-state index < -0.39 is 5.54 Å². The molecule has 9 nitrogen and oxygen atoms in total. The predicted molar refractivity (Wildman–Crippen MR) is 109 cm³/mol. The van der Waals surface area contributed by atoms with Crippen LogP contribution >= 0.6 is 0 Å². The molecule has 1 saturated carbocycles. The normalized spacial score (nSPS) is 30.9. The number of hydrazone groups is 1. The number of carbonyl (C=O) groups excluding carboxylic acids is 1. The molecule has 1 fully saturated rings. The van der Waals surface area contributed by atoms with Crippen LogP contribution in [0.3, 0.4) is 0 Å². The maximum Gasteiger partial charge on any atom is 0.268 e. The molecule has 0 saturated heterocycles. The highest BCUT2D eigenvalue weighted by Crippen LogP contribution is 2.31. The summed E-state index contributed by atoms with van der Waals surface area (Å²) in [6.07, 6.45) is 12.9. The molecule has 1 aliphatic carbocycles. The average Bonchev–Trinajstić information content (AvgIpc) is 3.38. The second-order valence-corrected chi connectivity index (χ2v) is 7.88. The number of amides is 1. The van der Waals surface area contributed by atoms with Crippen molar-refractivity contribution in [2.24, 2.45) is 16.0 Å². The van der Waals surface area contributed by atoms with E-state index in [-0.39, 0.29) is 24.0 Å². The number of nitrogens with zero attached hydrogens (tertiary/aromatic N) is 4. The highest BCUT2D eigenvalue weighted by Gasteiger charge is 2.46. The summed E-state index contributed by atoms with van der Waals surface area (Å²) >= 11 is 0. The number of aliphatic imine (C=N–C) groups is 1. The van der Waals surface area contributed by atoms with Crippen molar-refractivity contribution in [1.82, 2.24) is 20.3 Å². The van der Waals surface area contributed by atoms with Crippen LogP contribution in [0.25, 0.3) is 5.82 Å².